The van der Waals surface area contributed by atoms with E-state index >= 15 is 0 Å². The summed E-state index contributed by atoms with van der Waals surface area (Å²) >= 11 is 1.01. The zero-order valence-corrected chi connectivity index (χ0v) is 7.28. The topological polar surface area (TPSA) is 93.0 Å². The van der Waals surface area contributed by atoms with Crippen molar-refractivity contribution < 1.29 is 4.79 Å². The van der Waals surface area contributed by atoms with E-state index < -0.39 is 5.91 Å². The first-order chi connectivity index (χ1) is 5.11. The molecule has 0 aromatic heterocycles. The Morgan fingerprint density at radius 2 is 2.27 bits per heavy atom. The van der Waals surface area contributed by atoms with E-state index in [9.17, 15) is 4.79 Å². The fourth-order valence-electron chi connectivity index (χ4n) is 0.664. The van der Waals surface area contributed by atoms with Crippen LogP contribution in [0.5, 0.6) is 0 Å². The standard InChI is InChI=1S/C6H13N3OS/c1-2-4(7)5(11-9)3-6(8)10/h5,7H,2-3,9H2,1H3,(H2,8,10). The van der Waals surface area contributed by atoms with E-state index in [-0.39, 0.29) is 11.7 Å². The quantitative estimate of drug-likeness (QED) is 0.413. The van der Waals surface area contributed by atoms with E-state index in [0.29, 0.717) is 12.1 Å². The minimum Gasteiger partial charge on any atom is -0.370 e. The minimum absolute atomic E-state index is 0.161. The van der Waals surface area contributed by atoms with Gasteiger partial charge in [0.15, 0.2) is 0 Å². The molecule has 0 aliphatic heterocycles. The molecule has 0 heterocycles. The molecule has 1 unspecified atom stereocenters. The second-order valence-corrected chi connectivity index (χ2v) is 3.02. The van der Waals surface area contributed by atoms with Crippen LogP contribution in [0.1, 0.15) is 19.8 Å². The molecule has 0 radical (unpaired) electrons. The first kappa shape index (κ1) is 10.4. The Morgan fingerprint density at radius 1 is 1.73 bits per heavy atom. The Morgan fingerprint density at radius 3 is 2.55 bits per heavy atom. The van der Waals surface area contributed by atoms with Gasteiger partial charge in [-0.2, -0.15) is 0 Å². The number of hydrogen-bond acceptors (Lipinski definition) is 4. The third-order valence-corrected chi connectivity index (χ3v) is 2.10. The molecule has 11 heavy (non-hydrogen) atoms. The van der Waals surface area contributed by atoms with Crippen LogP contribution in [-0.4, -0.2) is 16.9 Å². The lowest BCUT2D eigenvalue weighted by Crippen LogP contribution is -2.25. The number of rotatable bonds is 5. The summed E-state index contributed by atoms with van der Waals surface area (Å²) in [6.45, 7) is 1.85. The van der Waals surface area contributed by atoms with Crippen molar-refractivity contribution in [3.63, 3.8) is 0 Å². The van der Waals surface area contributed by atoms with Crippen LogP contribution in [-0.2, 0) is 4.79 Å². The summed E-state index contributed by atoms with van der Waals surface area (Å²) in [5.41, 5.74) is 5.43. The van der Waals surface area contributed by atoms with E-state index in [1.54, 1.807) is 0 Å². The minimum atomic E-state index is -0.411. The van der Waals surface area contributed by atoms with Crippen molar-refractivity contribution in [1.29, 1.82) is 5.41 Å². The highest BCUT2D eigenvalue weighted by molar-refractivity contribution is 7.98. The molecular formula is C6H13N3OS. The zero-order valence-electron chi connectivity index (χ0n) is 6.46. The van der Waals surface area contributed by atoms with Crippen molar-refractivity contribution in [2.24, 2.45) is 10.9 Å². The predicted molar refractivity (Wildman–Crippen MR) is 47.4 cm³/mol. The van der Waals surface area contributed by atoms with Crippen molar-refractivity contribution in [3.8, 4) is 0 Å². The number of carbonyl (C=O) groups excluding carboxylic acids is 1. The molecule has 0 aliphatic carbocycles. The van der Waals surface area contributed by atoms with Crippen molar-refractivity contribution in [1.82, 2.24) is 0 Å². The van der Waals surface area contributed by atoms with Crippen LogP contribution in [0.2, 0.25) is 0 Å². The monoisotopic (exact) mass is 175 g/mol. The maximum absolute atomic E-state index is 10.4. The van der Waals surface area contributed by atoms with Crippen LogP contribution in [0.4, 0.5) is 0 Å². The molecule has 4 nitrogen and oxygen atoms in total. The number of amides is 1. The number of nitrogens with two attached hydrogens (primary N) is 2. The lowest BCUT2D eigenvalue weighted by Gasteiger charge is -2.10. The van der Waals surface area contributed by atoms with Crippen molar-refractivity contribution >= 4 is 23.6 Å². The van der Waals surface area contributed by atoms with Crippen molar-refractivity contribution in [2.45, 2.75) is 25.0 Å². The van der Waals surface area contributed by atoms with Crippen molar-refractivity contribution in [2.75, 3.05) is 0 Å². The Hall–Kier alpha value is -0.550. The highest BCUT2D eigenvalue weighted by Gasteiger charge is 2.14. The molecule has 0 aromatic rings. The molecule has 1 atom stereocenters. The predicted octanol–water partition coefficient (Wildman–Crippen LogP) is 0.267. The number of nitrogens with one attached hydrogen (secondary N) is 1. The van der Waals surface area contributed by atoms with E-state index in [1.807, 2.05) is 6.92 Å². The first-order valence-corrected chi connectivity index (χ1v) is 4.27. The van der Waals surface area contributed by atoms with Gasteiger partial charge >= 0.3 is 0 Å². The van der Waals surface area contributed by atoms with Gasteiger partial charge in [-0.3, -0.25) is 9.93 Å². The van der Waals surface area contributed by atoms with Gasteiger partial charge in [-0.1, -0.05) is 18.9 Å². The van der Waals surface area contributed by atoms with Crippen LogP contribution in [0, 0.1) is 5.41 Å². The van der Waals surface area contributed by atoms with Crippen LogP contribution in [0.25, 0.3) is 0 Å². The number of primary amides is 1. The average Bonchev–Trinajstić information content (AvgIpc) is 1.98. The molecule has 0 saturated carbocycles. The molecule has 5 heteroatoms. The molecular weight excluding hydrogens is 162 g/mol. The van der Waals surface area contributed by atoms with Gasteiger partial charge in [0.2, 0.25) is 5.91 Å². The molecule has 0 rings (SSSR count). The lowest BCUT2D eigenvalue weighted by atomic mass is 10.1. The smallest absolute Gasteiger partial charge is 0.218 e. The van der Waals surface area contributed by atoms with Gasteiger partial charge in [0.1, 0.15) is 0 Å². The molecule has 0 aromatic carbocycles. The summed E-state index contributed by atoms with van der Waals surface area (Å²) < 4.78 is 0. The van der Waals surface area contributed by atoms with Gasteiger partial charge in [0.25, 0.3) is 0 Å². The summed E-state index contributed by atoms with van der Waals surface area (Å²) in [5, 5.41) is 12.4. The second-order valence-electron chi connectivity index (χ2n) is 2.17. The molecule has 64 valence electrons. The summed E-state index contributed by atoms with van der Waals surface area (Å²) in [6.07, 6.45) is 0.774. The maximum Gasteiger partial charge on any atom is 0.218 e. The van der Waals surface area contributed by atoms with E-state index in [4.69, 9.17) is 16.3 Å². The third kappa shape index (κ3) is 4.00. The van der Waals surface area contributed by atoms with Gasteiger partial charge < -0.3 is 11.1 Å². The SMILES string of the molecule is CCC(=N)C(CC(N)=O)SN. The maximum atomic E-state index is 10.4. The Kier molecular flexibility index (Phi) is 4.89. The van der Waals surface area contributed by atoms with Gasteiger partial charge in [0, 0.05) is 12.1 Å². The second kappa shape index (κ2) is 5.15. The molecule has 0 fully saturated rings. The number of hydrogen-bond donors (Lipinski definition) is 3. The highest BCUT2D eigenvalue weighted by Crippen LogP contribution is 2.10. The first-order valence-electron chi connectivity index (χ1n) is 3.33. The normalized spacial score (nSPS) is 12.5. The fraction of sp³-hybridized carbons (Fsp3) is 0.667. The molecule has 0 aliphatic rings. The van der Waals surface area contributed by atoms with Crippen LogP contribution in [0.15, 0.2) is 0 Å². The van der Waals surface area contributed by atoms with E-state index in [2.05, 4.69) is 0 Å². The third-order valence-electron chi connectivity index (χ3n) is 1.32. The van der Waals surface area contributed by atoms with Gasteiger partial charge in [-0.25, -0.2) is 0 Å². The van der Waals surface area contributed by atoms with E-state index in [0.717, 1.165) is 11.9 Å². The molecule has 0 bridgehead atoms. The summed E-state index contributed by atoms with van der Waals surface area (Å²) in [4.78, 5) is 10.4. The van der Waals surface area contributed by atoms with Crippen LogP contribution >= 0.6 is 11.9 Å². The van der Waals surface area contributed by atoms with Crippen molar-refractivity contribution in [3.05, 3.63) is 0 Å². The molecule has 0 spiro atoms. The highest BCUT2D eigenvalue weighted by atomic mass is 32.2. The molecule has 5 N–H and O–H groups in total. The van der Waals surface area contributed by atoms with Crippen LogP contribution < -0.4 is 10.9 Å². The van der Waals surface area contributed by atoms with E-state index in [1.165, 1.54) is 0 Å². The van der Waals surface area contributed by atoms with Gasteiger partial charge in [-0.15, -0.1) is 0 Å². The van der Waals surface area contributed by atoms with Crippen LogP contribution in [0.3, 0.4) is 0 Å². The Labute approximate surface area is 70.3 Å². The molecule has 1 amide bonds. The largest absolute Gasteiger partial charge is 0.370 e. The van der Waals surface area contributed by atoms with Gasteiger partial charge in [0.05, 0.1) is 5.25 Å². The fourth-order valence-corrected chi connectivity index (χ4v) is 1.26. The zero-order chi connectivity index (χ0) is 8.85. The average molecular weight is 175 g/mol. The number of carbonyl (C=O) groups is 1. The summed E-state index contributed by atoms with van der Waals surface area (Å²) in [7, 11) is 0. The summed E-state index contributed by atoms with van der Waals surface area (Å²) in [5.74, 6) is -0.411. The lowest BCUT2D eigenvalue weighted by molar-refractivity contribution is -0.117. The van der Waals surface area contributed by atoms with Gasteiger partial charge in [-0.05, 0) is 6.42 Å². The molecule has 0 saturated heterocycles. The summed E-state index contributed by atoms with van der Waals surface area (Å²) in [6, 6.07) is 0. The Bertz CT molecular complexity index is 160. The Balaban J connectivity index is 3.94.